The smallest absolute Gasteiger partial charge is 0.481 e. The molecule has 0 aliphatic rings. The van der Waals surface area contributed by atoms with Crippen LogP contribution < -0.4 is 4.74 Å². The highest BCUT2D eigenvalue weighted by atomic mass is 19.4. The normalized spacial score (nSPS) is 13.7. The third kappa shape index (κ3) is 4.09. The number of carboxylic acid groups (broad SMARTS) is 2. The highest BCUT2D eigenvalue weighted by Crippen LogP contribution is 2.37. The van der Waals surface area contributed by atoms with Crippen molar-refractivity contribution in [2.45, 2.75) is 18.2 Å². The highest BCUT2D eigenvalue weighted by Gasteiger charge is 2.44. The molecule has 0 saturated carbocycles. The molecule has 2 rings (SSSR count). The van der Waals surface area contributed by atoms with Crippen molar-refractivity contribution in [1.29, 1.82) is 0 Å². The van der Waals surface area contributed by atoms with Crippen molar-refractivity contribution in [2.75, 3.05) is 0 Å². The largest absolute Gasteiger partial charge is 0.573 e. The van der Waals surface area contributed by atoms with Gasteiger partial charge in [0.15, 0.2) is 0 Å². The minimum absolute atomic E-state index is 0.0307. The summed E-state index contributed by atoms with van der Waals surface area (Å²) in [5.74, 6) is -3.31. The van der Waals surface area contributed by atoms with Gasteiger partial charge in [0, 0.05) is 0 Å². The zero-order valence-electron chi connectivity index (χ0n) is 12.7. The molecule has 0 fully saturated rings. The van der Waals surface area contributed by atoms with Gasteiger partial charge in [0.2, 0.25) is 0 Å². The number of aliphatic carboxylic acids is 2. The fourth-order valence-corrected chi connectivity index (χ4v) is 2.58. The molecule has 8 heteroatoms. The fourth-order valence-electron chi connectivity index (χ4n) is 2.58. The topological polar surface area (TPSA) is 83.8 Å². The van der Waals surface area contributed by atoms with E-state index in [0.717, 1.165) is 24.3 Å². The summed E-state index contributed by atoms with van der Waals surface area (Å²) in [6, 6.07) is 11.8. The number of ether oxygens (including phenoxy) is 1. The first-order valence-electron chi connectivity index (χ1n) is 7.02. The van der Waals surface area contributed by atoms with Crippen LogP contribution in [0.1, 0.15) is 17.5 Å². The van der Waals surface area contributed by atoms with Gasteiger partial charge in [0.25, 0.3) is 0 Å². The van der Waals surface area contributed by atoms with Crippen LogP contribution in [-0.2, 0) is 15.0 Å². The maximum atomic E-state index is 12.2. The van der Waals surface area contributed by atoms with Gasteiger partial charge in [-0.2, -0.15) is 0 Å². The minimum atomic E-state index is -4.88. The van der Waals surface area contributed by atoms with E-state index in [1.807, 2.05) is 0 Å². The Morgan fingerprint density at radius 1 is 0.880 bits per heavy atom. The summed E-state index contributed by atoms with van der Waals surface area (Å²) in [6.07, 6.45) is -5.66. The van der Waals surface area contributed by atoms with E-state index >= 15 is 0 Å². The lowest BCUT2D eigenvalue weighted by Crippen LogP contribution is -2.39. The number of carboxylic acids is 2. The molecule has 2 aromatic carbocycles. The maximum Gasteiger partial charge on any atom is 0.573 e. The van der Waals surface area contributed by atoms with E-state index in [0.29, 0.717) is 0 Å². The number of alkyl halides is 3. The molecule has 1 unspecified atom stereocenters. The van der Waals surface area contributed by atoms with Crippen LogP contribution in [-0.4, -0.2) is 28.5 Å². The summed E-state index contributed by atoms with van der Waals surface area (Å²) in [4.78, 5) is 23.3. The third-order valence-corrected chi connectivity index (χ3v) is 3.63. The summed E-state index contributed by atoms with van der Waals surface area (Å²) in [5.41, 5.74) is -1.71. The Kier molecular flexibility index (Phi) is 5.01. The number of rotatable bonds is 6. The highest BCUT2D eigenvalue weighted by molar-refractivity contribution is 5.91. The molecule has 0 aliphatic heterocycles. The molecule has 132 valence electrons. The van der Waals surface area contributed by atoms with E-state index in [9.17, 15) is 33.0 Å². The number of carbonyl (C=O) groups is 2. The molecule has 0 aliphatic carbocycles. The van der Waals surface area contributed by atoms with Crippen LogP contribution in [0.3, 0.4) is 0 Å². The van der Waals surface area contributed by atoms with E-state index in [-0.39, 0.29) is 11.1 Å². The number of benzene rings is 2. The van der Waals surface area contributed by atoms with Gasteiger partial charge in [0.05, 0.1) is 6.42 Å². The van der Waals surface area contributed by atoms with E-state index < -0.39 is 35.9 Å². The van der Waals surface area contributed by atoms with E-state index in [1.54, 1.807) is 18.2 Å². The average molecular weight is 354 g/mol. The van der Waals surface area contributed by atoms with Gasteiger partial charge in [-0.05, 0) is 23.3 Å². The Bertz CT molecular complexity index is 756. The molecule has 0 saturated heterocycles. The van der Waals surface area contributed by atoms with Crippen molar-refractivity contribution < 1.29 is 37.7 Å². The summed E-state index contributed by atoms with van der Waals surface area (Å²) in [6.45, 7) is 0. The zero-order valence-corrected chi connectivity index (χ0v) is 12.7. The lowest BCUT2D eigenvalue weighted by molar-refractivity contribution is -0.274. The van der Waals surface area contributed by atoms with Gasteiger partial charge in [-0.1, -0.05) is 42.5 Å². The molecule has 5 nitrogen and oxygen atoms in total. The summed E-state index contributed by atoms with van der Waals surface area (Å²) >= 11 is 0. The average Bonchev–Trinajstić information content (AvgIpc) is 2.52. The fraction of sp³-hybridized carbons (Fsp3) is 0.176. The quantitative estimate of drug-likeness (QED) is 0.830. The first kappa shape index (κ1) is 18.3. The lowest BCUT2D eigenvalue weighted by atomic mass is 9.72. The first-order chi connectivity index (χ1) is 11.6. The van der Waals surface area contributed by atoms with Crippen LogP contribution in [0.25, 0.3) is 0 Å². The Hall–Kier alpha value is -3.03. The molecule has 2 aromatic rings. The van der Waals surface area contributed by atoms with E-state index in [4.69, 9.17) is 0 Å². The zero-order chi connectivity index (χ0) is 18.7. The van der Waals surface area contributed by atoms with Crippen molar-refractivity contribution in [3.05, 3.63) is 65.7 Å². The van der Waals surface area contributed by atoms with Crippen molar-refractivity contribution in [2.24, 2.45) is 0 Å². The van der Waals surface area contributed by atoms with E-state index in [2.05, 4.69) is 4.74 Å². The predicted molar refractivity (Wildman–Crippen MR) is 80.2 cm³/mol. The summed E-state index contributed by atoms with van der Waals surface area (Å²) in [7, 11) is 0. The van der Waals surface area contributed by atoms with Crippen LogP contribution in [0.5, 0.6) is 5.75 Å². The van der Waals surface area contributed by atoms with Gasteiger partial charge in [-0.3, -0.25) is 9.59 Å². The second kappa shape index (κ2) is 6.84. The lowest BCUT2D eigenvalue weighted by Gasteiger charge is -2.29. The Balaban J connectivity index is 2.56. The van der Waals surface area contributed by atoms with Crippen LogP contribution in [0, 0.1) is 0 Å². The Morgan fingerprint density at radius 3 is 1.84 bits per heavy atom. The molecule has 0 spiro atoms. The van der Waals surface area contributed by atoms with Crippen LogP contribution in [0.4, 0.5) is 13.2 Å². The van der Waals surface area contributed by atoms with E-state index in [1.165, 1.54) is 12.1 Å². The van der Waals surface area contributed by atoms with Crippen molar-refractivity contribution in [3.8, 4) is 5.75 Å². The van der Waals surface area contributed by atoms with Gasteiger partial charge in [0.1, 0.15) is 11.2 Å². The van der Waals surface area contributed by atoms with Crippen LogP contribution in [0.2, 0.25) is 0 Å². The summed E-state index contributed by atoms with van der Waals surface area (Å²) < 4.78 is 40.5. The standard InChI is InChI=1S/C17H13F3O5/c18-17(19,20)25-13-8-6-12(7-9-13)16(15(23)24,10-14(21)22)11-4-2-1-3-5-11/h1-9H,10H2,(H,21,22)(H,23,24). The van der Waals surface area contributed by atoms with Crippen LogP contribution in [0.15, 0.2) is 54.6 Å². The monoisotopic (exact) mass is 354 g/mol. The van der Waals surface area contributed by atoms with Gasteiger partial charge >= 0.3 is 18.3 Å². The minimum Gasteiger partial charge on any atom is -0.481 e. The molecule has 0 heterocycles. The molecule has 0 amide bonds. The van der Waals surface area contributed by atoms with Crippen molar-refractivity contribution in [1.82, 2.24) is 0 Å². The number of halogens is 3. The second-order valence-electron chi connectivity index (χ2n) is 5.22. The number of hydrogen-bond donors (Lipinski definition) is 2. The van der Waals surface area contributed by atoms with Crippen molar-refractivity contribution >= 4 is 11.9 Å². The molecular formula is C17H13F3O5. The van der Waals surface area contributed by atoms with Crippen LogP contribution >= 0.6 is 0 Å². The Labute approximate surface area is 140 Å². The second-order valence-corrected chi connectivity index (χ2v) is 5.22. The summed E-state index contributed by atoms with van der Waals surface area (Å²) in [5, 5.41) is 19.0. The maximum absolute atomic E-state index is 12.2. The molecule has 1 atom stereocenters. The van der Waals surface area contributed by atoms with Gasteiger partial charge in [-0.15, -0.1) is 13.2 Å². The molecule has 0 radical (unpaired) electrons. The Morgan fingerprint density at radius 2 is 1.40 bits per heavy atom. The third-order valence-electron chi connectivity index (χ3n) is 3.63. The molecule has 0 aromatic heterocycles. The molecule has 2 N–H and O–H groups in total. The molecule has 25 heavy (non-hydrogen) atoms. The van der Waals surface area contributed by atoms with Crippen molar-refractivity contribution in [3.63, 3.8) is 0 Å². The predicted octanol–water partition coefficient (Wildman–Crippen LogP) is 3.43. The number of hydrogen-bond acceptors (Lipinski definition) is 3. The SMILES string of the molecule is O=C(O)CC(C(=O)O)(c1ccccc1)c1ccc(OC(F)(F)F)cc1. The molecule has 0 bridgehead atoms. The van der Waals surface area contributed by atoms with Gasteiger partial charge < -0.3 is 14.9 Å². The van der Waals surface area contributed by atoms with Gasteiger partial charge in [-0.25, -0.2) is 0 Å². The molecular weight excluding hydrogens is 341 g/mol. The first-order valence-corrected chi connectivity index (χ1v) is 7.02.